The van der Waals surface area contributed by atoms with Gasteiger partial charge in [-0.1, -0.05) is 30.3 Å². The van der Waals surface area contributed by atoms with Crippen LogP contribution in [0.25, 0.3) is 0 Å². The zero-order valence-electron chi connectivity index (χ0n) is 14.0. The van der Waals surface area contributed by atoms with E-state index in [1.165, 1.54) is 49.4 Å². The van der Waals surface area contributed by atoms with Crippen LogP contribution in [0.2, 0.25) is 0 Å². The maximum Gasteiger partial charge on any atom is 0.387 e. The molecule has 0 radical (unpaired) electrons. The summed E-state index contributed by atoms with van der Waals surface area (Å²) in [6.07, 6.45) is 1.07. The molecule has 0 aliphatic carbocycles. The summed E-state index contributed by atoms with van der Waals surface area (Å²) in [6, 6.07) is 10.3. The molecule has 0 unspecified atom stereocenters. The number of ether oxygens (including phenoxy) is 1. The molecule has 2 aromatic carbocycles. The first-order valence-electron chi connectivity index (χ1n) is 7.82. The first-order valence-corrected chi connectivity index (χ1v) is 7.82. The lowest BCUT2D eigenvalue weighted by molar-refractivity contribution is -0.131. The van der Waals surface area contributed by atoms with Gasteiger partial charge in [-0.25, -0.2) is 9.18 Å². The van der Waals surface area contributed by atoms with Crippen molar-refractivity contribution in [3.8, 4) is 5.75 Å². The van der Waals surface area contributed by atoms with Crippen molar-refractivity contribution in [2.24, 2.45) is 5.10 Å². The molecule has 3 amide bonds. The van der Waals surface area contributed by atoms with Gasteiger partial charge in [0.2, 0.25) is 0 Å². The Morgan fingerprint density at radius 3 is 2.44 bits per heavy atom. The fourth-order valence-electron chi connectivity index (χ4n) is 2.59. The van der Waals surface area contributed by atoms with Crippen LogP contribution in [0.4, 0.5) is 18.0 Å². The Kier molecular flexibility index (Phi) is 4.85. The summed E-state index contributed by atoms with van der Waals surface area (Å²) in [4.78, 5) is 24.8. The quantitative estimate of drug-likeness (QED) is 0.642. The number of urea groups is 1. The van der Waals surface area contributed by atoms with Gasteiger partial charge in [0.15, 0.2) is 0 Å². The third-order valence-electron chi connectivity index (χ3n) is 4.04. The minimum absolute atomic E-state index is 0.0800. The van der Waals surface area contributed by atoms with Gasteiger partial charge in [-0.2, -0.15) is 13.9 Å². The van der Waals surface area contributed by atoms with Gasteiger partial charge < -0.3 is 10.1 Å². The molecular formula is C18H14F3N3O3. The molecule has 140 valence electrons. The SMILES string of the molecule is C[C@@]1(c2ccc(OC(F)F)cc2)NC(=O)N(/N=C\c2ccccc2F)C1=O. The fourth-order valence-corrected chi connectivity index (χ4v) is 2.59. The molecule has 27 heavy (non-hydrogen) atoms. The van der Waals surface area contributed by atoms with Crippen molar-refractivity contribution in [3.63, 3.8) is 0 Å². The van der Waals surface area contributed by atoms with Gasteiger partial charge >= 0.3 is 12.6 Å². The van der Waals surface area contributed by atoms with Crippen LogP contribution < -0.4 is 10.1 Å². The zero-order chi connectivity index (χ0) is 19.6. The normalized spacial score (nSPS) is 19.8. The molecule has 1 N–H and O–H groups in total. The minimum Gasteiger partial charge on any atom is -0.435 e. The molecule has 1 aliphatic rings. The van der Waals surface area contributed by atoms with Gasteiger partial charge in [0, 0.05) is 5.56 Å². The fraction of sp³-hybridized carbons (Fsp3) is 0.167. The van der Waals surface area contributed by atoms with Crippen molar-refractivity contribution < 1.29 is 27.5 Å². The molecule has 3 rings (SSSR count). The second-order valence-corrected chi connectivity index (χ2v) is 5.84. The number of rotatable bonds is 5. The lowest BCUT2D eigenvalue weighted by atomic mass is 9.92. The van der Waals surface area contributed by atoms with Crippen LogP contribution in [0.15, 0.2) is 53.6 Å². The van der Waals surface area contributed by atoms with Gasteiger partial charge in [-0.15, -0.1) is 5.01 Å². The maximum absolute atomic E-state index is 13.6. The number of nitrogens with zero attached hydrogens (tertiary/aromatic N) is 2. The molecule has 1 aliphatic heterocycles. The Balaban J connectivity index is 1.83. The molecule has 1 saturated heterocycles. The molecule has 0 saturated carbocycles. The number of carbonyl (C=O) groups excluding carboxylic acids is 2. The molecule has 1 atom stereocenters. The third-order valence-corrected chi connectivity index (χ3v) is 4.04. The smallest absolute Gasteiger partial charge is 0.387 e. The van der Waals surface area contributed by atoms with Crippen molar-refractivity contribution in [2.75, 3.05) is 0 Å². The highest BCUT2D eigenvalue weighted by Crippen LogP contribution is 2.30. The van der Waals surface area contributed by atoms with E-state index in [1.54, 1.807) is 6.07 Å². The molecule has 9 heteroatoms. The number of benzene rings is 2. The molecule has 0 spiro atoms. The molecule has 1 heterocycles. The Labute approximate surface area is 152 Å². The van der Waals surface area contributed by atoms with Gasteiger partial charge in [0.05, 0.1) is 6.21 Å². The average molecular weight is 377 g/mol. The summed E-state index contributed by atoms with van der Waals surface area (Å²) in [5, 5.41) is 6.87. The van der Waals surface area contributed by atoms with Gasteiger partial charge in [-0.3, -0.25) is 4.79 Å². The van der Waals surface area contributed by atoms with Crippen LogP contribution in [0.1, 0.15) is 18.1 Å². The van der Waals surface area contributed by atoms with Gasteiger partial charge in [0.1, 0.15) is 17.1 Å². The highest BCUT2D eigenvalue weighted by molar-refractivity contribution is 6.07. The summed E-state index contributed by atoms with van der Waals surface area (Å²) < 4.78 is 42.4. The van der Waals surface area contributed by atoms with Gasteiger partial charge in [-0.05, 0) is 30.7 Å². The highest BCUT2D eigenvalue weighted by Gasteiger charge is 2.49. The van der Waals surface area contributed by atoms with Crippen molar-refractivity contribution in [1.82, 2.24) is 10.3 Å². The minimum atomic E-state index is -2.97. The Bertz CT molecular complexity index is 902. The predicted octanol–water partition coefficient (Wildman–Crippen LogP) is 3.23. The summed E-state index contributed by atoms with van der Waals surface area (Å²) in [5.74, 6) is -1.32. The summed E-state index contributed by atoms with van der Waals surface area (Å²) in [6.45, 7) is -1.52. The van der Waals surface area contributed by atoms with Crippen LogP contribution in [-0.2, 0) is 10.3 Å². The van der Waals surface area contributed by atoms with E-state index in [4.69, 9.17) is 0 Å². The van der Waals surface area contributed by atoms with Crippen molar-refractivity contribution in [1.29, 1.82) is 0 Å². The number of halogens is 3. The van der Waals surface area contributed by atoms with E-state index in [1.807, 2.05) is 0 Å². The summed E-state index contributed by atoms with van der Waals surface area (Å²) in [5.41, 5.74) is -0.987. The lowest BCUT2D eigenvalue weighted by Gasteiger charge is -2.21. The van der Waals surface area contributed by atoms with E-state index in [9.17, 15) is 22.8 Å². The van der Waals surface area contributed by atoms with E-state index in [0.29, 0.717) is 10.6 Å². The van der Waals surface area contributed by atoms with E-state index >= 15 is 0 Å². The monoisotopic (exact) mass is 377 g/mol. The molecule has 2 aromatic rings. The number of carbonyl (C=O) groups is 2. The highest BCUT2D eigenvalue weighted by atomic mass is 19.3. The van der Waals surface area contributed by atoms with Gasteiger partial charge in [0.25, 0.3) is 5.91 Å². The van der Waals surface area contributed by atoms with Crippen LogP contribution in [0.3, 0.4) is 0 Å². The number of amides is 3. The van der Waals surface area contributed by atoms with E-state index in [2.05, 4.69) is 15.2 Å². The Morgan fingerprint density at radius 2 is 1.81 bits per heavy atom. The standard InChI is InChI=1S/C18H14F3N3O3/c1-18(12-6-8-13(9-7-12)27-16(20)21)15(25)24(17(26)23-18)22-10-11-4-2-3-5-14(11)19/h2-10,16H,1H3,(H,23,26)/b22-10-/t18-/m0/s1. The van der Waals surface area contributed by atoms with Crippen LogP contribution >= 0.6 is 0 Å². The number of imide groups is 1. The van der Waals surface area contributed by atoms with Crippen LogP contribution in [0, 0.1) is 5.82 Å². The first kappa shape index (κ1) is 18.4. The number of hydrogen-bond acceptors (Lipinski definition) is 4. The van der Waals surface area contributed by atoms with Crippen LogP contribution in [0.5, 0.6) is 5.75 Å². The average Bonchev–Trinajstić information content (AvgIpc) is 2.84. The topological polar surface area (TPSA) is 71.0 Å². The van der Waals surface area contributed by atoms with Crippen molar-refractivity contribution >= 4 is 18.2 Å². The molecule has 0 bridgehead atoms. The number of hydrazone groups is 1. The summed E-state index contributed by atoms with van der Waals surface area (Å²) >= 11 is 0. The number of alkyl halides is 2. The molecule has 1 fully saturated rings. The number of nitrogens with one attached hydrogen (secondary N) is 1. The molecular weight excluding hydrogens is 363 g/mol. The maximum atomic E-state index is 13.6. The second kappa shape index (κ2) is 7.10. The molecule has 6 nitrogen and oxygen atoms in total. The Morgan fingerprint density at radius 1 is 1.15 bits per heavy atom. The molecule has 0 aromatic heterocycles. The number of hydrogen-bond donors (Lipinski definition) is 1. The van der Waals surface area contributed by atoms with E-state index in [0.717, 1.165) is 6.21 Å². The van der Waals surface area contributed by atoms with E-state index in [-0.39, 0.29) is 11.3 Å². The predicted molar refractivity (Wildman–Crippen MR) is 89.8 cm³/mol. The zero-order valence-corrected chi connectivity index (χ0v) is 14.0. The first-order chi connectivity index (χ1) is 12.8. The van der Waals surface area contributed by atoms with Crippen molar-refractivity contribution in [2.45, 2.75) is 19.1 Å². The third kappa shape index (κ3) is 3.62. The van der Waals surface area contributed by atoms with Crippen molar-refractivity contribution in [3.05, 3.63) is 65.5 Å². The Hall–Kier alpha value is -3.36. The lowest BCUT2D eigenvalue weighted by Crippen LogP contribution is -2.40. The summed E-state index contributed by atoms with van der Waals surface area (Å²) in [7, 11) is 0. The largest absolute Gasteiger partial charge is 0.435 e. The van der Waals surface area contributed by atoms with E-state index < -0.39 is 29.9 Å². The van der Waals surface area contributed by atoms with Crippen LogP contribution in [-0.4, -0.2) is 29.8 Å². The second-order valence-electron chi connectivity index (χ2n) is 5.84.